The maximum atomic E-state index is 12.1. The molecule has 0 bridgehead atoms. The Hall–Kier alpha value is -1.77. The zero-order valence-corrected chi connectivity index (χ0v) is 40.5. The third-order valence-corrected chi connectivity index (χ3v) is 12.0. The molecule has 0 radical (unpaired) electrons. The second-order valence-electron chi connectivity index (χ2n) is 17.1. The summed E-state index contributed by atoms with van der Waals surface area (Å²) >= 11 is 0. The van der Waals surface area contributed by atoms with Gasteiger partial charge in [0.1, 0.15) is 12.7 Å². The summed E-state index contributed by atoms with van der Waals surface area (Å²) in [5, 5.41) is 12.7. The van der Waals surface area contributed by atoms with Crippen LogP contribution in [-0.2, 0) is 27.9 Å². The van der Waals surface area contributed by atoms with Crippen molar-refractivity contribution >= 4 is 19.7 Å². The van der Waals surface area contributed by atoms with E-state index in [9.17, 15) is 24.2 Å². The first-order valence-electron chi connectivity index (χ1n) is 25.5. The largest absolute Gasteiger partial charge is 0.472 e. The van der Waals surface area contributed by atoms with E-state index in [1.165, 1.54) is 173 Å². The Labute approximate surface area is 375 Å². The standard InChI is InChI=1S/C51H96NO8P/c1-3-5-7-9-11-13-15-17-19-21-22-23-24-25-26-28-29-31-33-35-37-39-41-43-50(54)52-45-46-59-61(56,57)60-48-49(53)47-58-51(55)44-42-40-38-36-34-32-30-27-20-18-16-14-12-10-8-6-4-2/h11,13,17-20,49,53H,3-10,12,14-16,21-48H2,1-2H3,(H,52,54)(H,56,57)/b13-11-,19-17-,20-18-. The van der Waals surface area contributed by atoms with Crippen LogP contribution < -0.4 is 5.32 Å². The Bertz CT molecular complexity index is 1100. The van der Waals surface area contributed by atoms with Gasteiger partial charge in [-0.2, -0.15) is 0 Å². The van der Waals surface area contributed by atoms with Gasteiger partial charge in [0, 0.05) is 19.4 Å². The maximum absolute atomic E-state index is 12.1. The van der Waals surface area contributed by atoms with Crippen LogP contribution >= 0.6 is 7.82 Å². The fraction of sp³-hybridized carbons (Fsp3) is 0.843. The lowest BCUT2D eigenvalue weighted by atomic mass is 10.0. The Balaban J connectivity index is 3.54. The number of nitrogens with one attached hydrogen (secondary N) is 1. The molecule has 10 heteroatoms. The smallest absolute Gasteiger partial charge is 0.463 e. The number of aliphatic hydroxyl groups excluding tert-OH is 1. The number of amides is 1. The van der Waals surface area contributed by atoms with E-state index in [-0.39, 0.29) is 32.1 Å². The van der Waals surface area contributed by atoms with Crippen molar-refractivity contribution in [1.82, 2.24) is 5.32 Å². The fourth-order valence-corrected chi connectivity index (χ4v) is 7.93. The lowest BCUT2D eigenvalue weighted by Crippen LogP contribution is -2.27. The summed E-state index contributed by atoms with van der Waals surface area (Å²) in [5.74, 6) is -0.515. The quantitative estimate of drug-likeness (QED) is 0.0238. The lowest BCUT2D eigenvalue weighted by Gasteiger charge is -2.15. The Morgan fingerprint density at radius 3 is 1.36 bits per heavy atom. The number of hydrogen-bond donors (Lipinski definition) is 3. The van der Waals surface area contributed by atoms with Crippen molar-refractivity contribution in [2.45, 2.75) is 251 Å². The molecule has 61 heavy (non-hydrogen) atoms. The number of ether oxygens (including phenoxy) is 1. The minimum Gasteiger partial charge on any atom is -0.463 e. The molecule has 0 rings (SSSR count). The summed E-state index contributed by atoms with van der Waals surface area (Å²) in [6.07, 6.45) is 55.1. The average molecular weight is 882 g/mol. The highest BCUT2D eigenvalue weighted by molar-refractivity contribution is 7.47. The van der Waals surface area contributed by atoms with Crippen LogP contribution in [0, 0.1) is 0 Å². The van der Waals surface area contributed by atoms with E-state index in [4.69, 9.17) is 13.8 Å². The number of phosphoric acid groups is 1. The van der Waals surface area contributed by atoms with Gasteiger partial charge in [-0.3, -0.25) is 18.6 Å². The molecule has 9 nitrogen and oxygen atoms in total. The van der Waals surface area contributed by atoms with Crippen molar-refractivity contribution in [2.24, 2.45) is 0 Å². The molecule has 2 unspecified atom stereocenters. The highest BCUT2D eigenvalue weighted by atomic mass is 31.2. The van der Waals surface area contributed by atoms with E-state index in [0.717, 1.165) is 44.9 Å². The highest BCUT2D eigenvalue weighted by Crippen LogP contribution is 2.42. The van der Waals surface area contributed by atoms with Crippen LogP contribution in [0.4, 0.5) is 0 Å². The molecule has 0 aliphatic rings. The van der Waals surface area contributed by atoms with Crippen LogP contribution in [0.2, 0.25) is 0 Å². The first kappa shape index (κ1) is 59.2. The zero-order chi connectivity index (χ0) is 44.6. The normalized spacial score (nSPS) is 13.4. The van der Waals surface area contributed by atoms with Crippen LogP contribution in [0.25, 0.3) is 0 Å². The molecule has 358 valence electrons. The van der Waals surface area contributed by atoms with Crippen LogP contribution in [0.3, 0.4) is 0 Å². The Morgan fingerprint density at radius 1 is 0.508 bits per heavy atom. The lowest BCUT2D eigenvalue weighted by molar-refractivity contribution is -0.147. The van der Waals surface area contributed by atoms with Gasteiger partial charge in [-0.1, -0.05) is 198 Å². The van der Waals surface area contributed by atoms with Gasteiger partial charge in [-0.25, -0.2) is 4.57 Å². The molecule has 0 aliphatic heterocycles. The first-order valence-corrected chi connectivity index (χ1v) is 27.0. The molecule has 0 aliphatic carbocycles. The maximum Gasteiger partial charge on any atom is 0.472 e. The van der Waals surface area contributed by atoms with E-state index in [2.05, 4.69) is 55.6 Å². The molecule has 1 amide bonds. The van der Waals surface area contributed by atoms with Crippen molar-refractivity contribution in [3.8, 4) is 0 Å². The SMILES string of the molecule is CCCCC/C=C\C/C=C\CCCCCCCCCCCCCCCC(=O)NCCOP(=O)(O)OCC(O)COC(=O)CCCCCCCCC/C=C\CCCCCCCC. The summed E-state index contributed by atoms with van der Waals surface area (Å²) in [6, 6.07) is 0. The molecule has 0 aromatic rings. The molecule has 0 aromatic carbocycles. The van der Waals surface area contributed by atoms with Crippen molar-refractivity contribution in [3.63, 3.8) is 0 Å². The second kappa shape index (κ2) is 47.7. The molecule has 0 aromatic heterocycles. The number of aliphatic hydroxyl groups is 1. The van der Waals surface area contributed by atoms with Crippen molar-refractivity contribution < 1.29 is 37.9 Å². The molecule has 3 N–H and O–H groups in total. The van der Waals surface area contributed by atoms with Gasteiger partial charge < -0.3 is 20.1 Å². The number of unbranched alkanes of at least 4 members (excludes halogenated alkanes) is 29. The fourth-order valence-electron chi connectivity index (χ4n) is 7.17. The molecular weight excluding hydrogens is 786 g/mol. The molecule has 0 heterocycles. The summed E-state index contributed by atoms with van der Waals surface area (Å²) in [5.41, 5.74) is 0. The Kier molecular flexibility index (Phi) is 46.3. The van der Waals surface area contributed by atoms with Gasteiger partial charge in [0.15, 0.2) is 0 Å². The second-order valence-corrected chi connectivity index (χ2v) is 18.6. The monoisotopic (exact) mass is 882 g/mol. The Morgan fingerprint density at radius 2 is 0.885 bits per heavy atom. The summed E-state index contributed by atoms with van der Waals surface area (Å²) < 4.78 is 27.0. The van der Waals surface area contributed by atoms with E-state index in [0.29, 0.717) is 6.42 Å². The molecular formula is C51H96NO8P. The van der Waals surface area contributed by atoms with E-state index in [1.54, 1.807) is 0 Å². The number of hydrogen-bond acceptors (Lipinski definition) is 7. The van der Waals surface area contributed by atoms with Crippen molar-refractivity contribution in [3.05, 3.63) is 36.5 Å². The minimum absolute atomic E-state index is 0.0820. The highest BCUT2D eigenvalue weighted by Gasteiger charge is 2.23. The number of esters is 1. The van der Waals surface area contributed by atoms with Crippen molar-refractivity contribution in [1.29, 1.82) is 0 Å². The zero-order valence-electron chi connectivity index (χ0n) is 39.6. The van der Waals surface area contributed by atoms with Gasteiger partial charge in [-0.05, 0) is 70.6 Å². The van der Waals surface area contributed by atoms with E-state index >= 15 is 0 Å². The first-order chi connectivity index (χ1) is 29.8. The molecule has 2 atom stereocenters. The van der Waals surface area contributed by atoms with Gasteiger partial charge in [0.05, 0.1) is 13.2 Å². The van der Waals surface area contributed by atoms with Crippen molar-refractivity contribution in [2.75, 3.05) is 26.4 Å². The van der Waals surface area contributed by atoms with Crippen LogP contribution in [-0.4, -0.2) is 54.3 Å². The average Bonchev–Trinajstić information content (AvgIpc) is 3.25. The number of carbonyl (C=O) groups excluding carboxylic acids is 2. The third kappa shape index (κ3) is 49.1. The van der Waals surface area contributed by atoms with Gasteiger partial charge in [-0.15, -0.1) is 0 Å². The van der Waals surface area contributed by atoms with E-state index < -0.39 is 26.5 Å². The number of phosphoric ester groups is 1. The third-order valence-electron chi connectivity index (χ3n) is 11.0. The predicted molar refractivity (Wildman–Crippen MR) is 257 cm³/mol. The summed E-state index contributed by atoms with van der Waals surface area (Å²) in [6.45, 7) is 3.55. The van der Waals surface area contributed by atoms with Gasteiger partial charge >= 0.3 is 13.8 Å². The molecule has 0 saturated carbocycles. The number of allylic oxidation sites excluding steroid dienone is 6. The van der Waals surface area contributed by atoms with Crippen LogP contribution in [0.5, 0.6) is 0 Å². The number of carbonyl (C=O) groups is 2. The minimum atomic E-state index is -4.42. The molecule has 0 saturated heterocycles. The summed E-state index contributed by atoms with van der Waals surface area (Å²) in [7, 11) is -4.42. The summed E-state index contributed by atoms with van der Waals surface area (Å²) in [4.78, 5) is 34.1. The van der Waals surface area contributed by atoms with Gasteiger partial charge in [0.2, 0.25) is 5.91 Å². The van der Waals surface area contributed by atoms with Gasteiger partial charge in [0.25, 0.3) is 0 Å². The van der Waals surface area contributed by atoms with Crippen LogP contribution in [0.1, 0.15) is 245 Å². The number of rotatable bonds is 48. The van der Waals surface area contributed by atoms with E-state index in [1.807, 2.05) is 0 Å². The topological polar surface area (TPSA) is 131 Å². The molecule has 0 fully saturated rings. The molecule has 0 spiro atoms. The predicted octanol–water partition coefficient (Wildman–Crippen LogP) is 14.9. The van der Waals surface area contributed by atoms with Crippen LogP contribution in [0.15, 0.2) is 36.5 Å².